The van der Waals surface area contributed by atoms with Crippen molar-refractivity contribution in [2.75, 3.05) is 11.4 Å². The average molecular weight is 382 g/mol. The molecule has 29 heavy (non-hydrogen) atoms. The first-order valence-electron chi connectivity index (χ1n) is 10.4. The van der Waals surface area contributed by atoms with Gasteiger partial charge in [0.2, 0.25) is 0 Å². The standard InChI is InChI=1S/C26H27N3/c1-18-7-6-8-21(15-18)16-29-20(3)19(2)25-26(29)24(11-13-27-25)28-14-12-22-9-4-5-10-23(22)17-28/h4-11,13,15H,12,14,16-17H2,1-3H3. The van der Waals surface area contributed by atoms with Gasteiger partial charge in [-0.3, -0.25) is 4.98 Å². The van der Waals surface area contributed by atoms with Crippen LogP contribution in [0, 0.1) is 20.8 Å². The van der Waals surface area contributed by atoms with E-state index in [1.807, 2.05) is 6.20 Å². The number of benzene rings is 2. The quantitative estimate of drug-likeness (QED) is 0.462. The highest BCUT2D eigenvalue weighted by Gasteiger charge is 2.22. The Morgan fingerprint density at radius 3 is 2.59 bits per heavy atom. The maximum Gasteiger partial charge on any atom is 0.0934 e. The van der Waals surface area contributed by atoms with Crippen molar-refractivity contribution in [2.24, 2.45) is 0 Å². The van der Waals surface area contributed by atoms with Gasteiger partial charge < -0.3 is 9.47 Å². The molecule has 0 N–H and O–H groups in total. The third-order valence-electron chi connectivity index (χ3n) is 6.37. The van der Waals surface area contributed by atoms with E-state index in [1.54, 1.807) is 0 Å². The van der Waals surface area contributed by atoms with Gasteiger partial charge in [-0.25, -0.2) is 0 Å². The predicted molar refractivity (Wildman–Crippen MR) is 121 cm³/mol. The average Bonchev–Trinajstić information content (AvgIpc) is 2.98. The van der Waals surface area contributed by atoms with Gasteiger partial charge in [-0.2, -0.15) is 0 Å². The molecule has 0 amide bonds. The molecule has 0 radical (unpaired) electrons. The van der Waals surface area contributed by atoms with Crippen molar-refractivity contribution in [3.63, 3.8) is 0 Å². The van der Waals surface area contributed by atoms with E-state index < -0.39 is 0 Å². The molecule has 3 heteroatoms. The number of hydrogen-bond donors (Lipinski definition) is 0. The molecule has 0 atom stereocenters. The number of pyridine rings is 1. The fourth-order valence-corrected chi connectivity index (χ4v) is 4.67. The van der Waals surface area contributed by atoms with Crippen molar-refractivity contribution in [3.05, 3.63) is 94.3 Å². The van der Waals surface area contributed by atoms with Crippen LogP contribution in [0.2, 0.25) is 0 Å². The monoisotopic (exact) mass is 381 g/mol. The van der Waals surface area contributed by atoms with Crippen LogP contribution in [-0.2, 0) is 19.5 Å². The molecule has 0 aliphatic carbocycles. The second kappa shape index (κ2) is 7.07. The summed E-state index contributed by atoms with van der Waals surface area (Å²) in [5.41, 5.74) is 11.8. The van der Waals surface area contributed by atoms with Crippen molar-refractivity contribution in [1.29, 1.82) is 0 Å². The Hall–Kier alpha value is -3.07. The molecule has 0 spiro atoms. The van der Waals surface area contributed by atoms with Crippen molar-refractivity contribution >= 4 is 16.7 Å². The van der Waals surface area contributed by atoms with Crippen LogP contribution in [0.4, 0.5) is 5.69 Å². The summed E-state index contributed by atoms with van der Waals surface area (Å²) in [7, 11) is 0. The SMILES string of the molecule is Cc1cccc(Cn2c(C)c(C)c3nccc(N4CCc5ccccc5C4)c32)c1. The highest BCUT2D eigenvalue weighted by atomic mass is 15.2. The Bertz CT molecular complexity index is 1200. The summed E-state index contributed by atoms with van der Waals surface area (Å²) in [4.78, 5) is 7.30. The zero-order valence-corrected chi connectivity index (χ0v) is 17.4. The zero-order chi connectivity index (χ0) is 20.0. The Morgan fingerprint density at radius 2 is 1.76 bits per heavy atom. The Balaban J connectivity index is 1.63. The largest absolute Gasteiger partial charge is 0.365 e. The lowest BCUT2D eigenvalue weighted by molar-refractivity contribution is 0.727. The van der Waals surface area contributed by atoms with E-state index in [-0.39, 0.29) is 0 Å². The second-order valence-electron chi connectivity index (χ2n) is 8.25. The minimum Gasteiger partial charge on any atom is -0.365 e. The van der Waals surface area contributed by atoms with Crippen LogP contribution in [-0.4, -0.2) is 16.1 Å². The normalized spacial score (nSPS) is 13.7. The molecule has 2 aromatic heterocycles. The number of aryl methyl sites for hydroxylation is 2. The van der Waals surface area contributed by atoms with E-state index >= 15 is 0 Å². The van der Waals surface area contributed by atoms with E-state index in [0.717, 1.165) is 31.6 Å². The number of hydrogen-bond acceptors (Lipinski definition) is 2. The summed E-state index contributed by atoms with van der Waals surface area (Å²) in [5.74, 6) is 0. The molecular formula is C26H27N3. The summed E-state index contributed by atoms with van der Waals surface area (Å²) in [6.07, 6.45) is 3.07. The molecule has 0 bridgehead atoms. The van der Waals surface area contributed by atoms with Crippen molar-refractivity contribution in [1.82, 2.24) is 9.55 Å². The number of anilines is 1. The number of fused-ring (bicyclic) bond motifs is 2. The fourth-order valence-electron chi connectivity index (χ4n) is 4.67. The lowest BCUT2D eigenvalue weighted by Crippen LogP contribution is -2.30. The van der Waals surface area contributed by atoms with Gasteiger partial charge in [0.25, 0.3) is 0 Å². The molecule has 3 nitrogen and oxygen atoms in total. The molecule has 4 aromatic rings. The summed E-state index contributed by atoms with van der Waals surface area (Å²) in [5, 5.41) is 0. The topological polar surface area (TPSA) is 21.1 Å². The molecular weight excluding hydrogens is 354 g/mol. The molecule has 1 aliphatic heterocycles. The molecule has 0 saturated carbocycles. The summed E-state index contributed by atoms with van der Waals surface area (Å²) in [6, 6.07) is 19.9. The molecule has 3 heterocycles. The summed E-state index contributed by atoms with van der Waals surface area (Å²) < 4.78 is 2.46. The number of nitrogens with zero attached hydrogens (tertiary/aromatic N) is 3. The smallest absolute Gasteiger partial charge is 0.0934 e. The van der Waals surface area contributed by atoms with Crippen molar-refractivity contribution < 1.29 is 0 Å². The summed E-state index contributed by atoms with van der Waals surface area (Å²) in [6.45, 7) is 9.47. The first-order chi connectivity index (χ1) is 14.1. The van der Waals surface area contributed by atoms with Gasteiger partial charge >= 0.3 is 0 Å². The molecule has 0 unspecified atom stereocenters. The maximum atomic E-state index is 4.77. The first kappa shape index (κ1) is 18.0. The lowest BCUT2D eigenvalue weighted by atomic mass is 9.99. The third kappa shape index (κ3) is 3.11. The van der Waals surface area contributed by atoms with Crippen LogP contribution in [0.15, 0.2) is 60.8 Å². The van der Waals surface area contributed by atoms with E-state index in [0.29, 0.717) is 0 Å². The molecule has 5 rings (SSSR count). The van der Waals surface area contributed by atoms with Crippen LogP contribution in [0.1, 0.15) is 33.5 Å². The van der Waals surface area contributed by atoms with E-state index in [9.17, 15) is 0 Å². The number of aromatic nitrogens is 2. The van der Waals surface area contributed by atoms with E-state index in [2.05, 4.69) is 84.8 Å². The highest BCUT2D eigenvalue weighted by Crippen LogP contribution is 2.34. The minimum atomic E-state index is 0.876. The van der Waals surface area contributed by atoms with E-state index in [4.69, 9.17) is 4.98 Å². The van der Waals surface area contributed by atoms with Crippen molar-refractivity contribution in [3.8, 4) is 0 Å². The highest BCUT2D eigenvalue weighted by molar-refractivity contribution is 5.92. The second-order valence-corrected chi connectivity index (χ2v) is 8.25. The Labute approximate surface area is 172 Å². The van der Waals surface area contributed by atoms with Crippen LogP contribution in [0.25, 0.3) is 11.0 Å². The van der Waals surface area contributed by atoms with Gasteiger partial charge in [-0.05, 0) is 55.5 Å². The van der Waals surface area contributed by atoms with Gasteiger partial charge in [0.1, 0.15) is 0 Å². The fraction of sp³-hybridized carbons (Fsp3) is 0.269. The lowest BCUT2D eigenvalue weighted by Gasteiger charge is -2.31. The van der Waals surface area contributed by atoms with Crippen LogP contribution in [0.3, 0.4) is 0 Å². The molecule has 0 fully saturated rings. The summed E-state index contributed by atoms with van der Waals surface area (Å²) >= 11 is 0. The molecule has 2 aromatic carbocycles. The predicted octanol–water partition coefficient (Wildman–Crippen LogP) is 5.57. The van der Waals surface area contributed by atoms with Gasteiger partial charge in [-0.1, -0.05) is 54.1 Å². The van der Waals surface area contributed by atoms with Crippen LogP contribution in [0.5, 0.6) is 0 Å². The van der Waals surface area contributed by atoms with Gasteiger partial charge in [0.05, 0.1) is 16.7 Å². The van der Waals surface area contributed by atoms with Gasteiger partial charge in [-0.15, -0.1) is 0 Å². The maximum absolute atomic E-state index is 4.77. The van der Waals surface area contributed by atoms with Crippen LogP contribution < -0.4 is 4.90 Å². The Kier molecular flexibility index (Phi) is 4.39. The van der Waals surface area contributed by atoms with E-state index in [1.165, 1.54) is 44.7 Å². The minimum absolute atomic E-state index is 0.876. The first-order valence-corrected chi connectivity index (χ1v) is 10.4. The van der Waals surface area contributed by atoms with Gasteiger partial charge in [0, 0.05) is 31.5 Å². The molecule has 1 aliphatic rings. The van der Waals surface area contributed by atoms with Crippen molar-refractivity contribution in [2.45, 2.75) is 40.3 Å². The number of rotatable bonds is 3. The Morgan fingerprint density at radius 1 is 0.931 bits per heavy atom. The molecule has 0 saturated heterocycles. The van der Waals surface area contributed by atoms with Crippen LogP contribution >= 0.6 is 0 Å². The third-order valence-corrected chi connectivity index (χ3v) is 6.37. The van der Waals surface area contributed by atoms with Gasteiger partial charge in [0.15, 0.2) is 0 Å². The zero-order valence-electron chi connectivity index (χ0n) is 17.4. The molecule has 146 valence electrons.